The monoisotopic (exact) mass is 431 g/mol. The Morgan fingerprint density at radius 3 is 1.56 bits per heavy atom. The van der Waals surface area contributed by atoms with Crippen LogP contribution in [-0.2, 0) is 19.9 Å². The SMILES string of the molecule is CC(C)C[C@H](NC(=O)COC(c1ccccc1)(c1ccccc1)c1ccccc1)C(=O)O. The number of hydrogen-bond acceptors (Lipinski definition) is 3. The van der Waals surface area contributed by atoms with Gasteiger partial charge in [-0.2, -0.15) is 0 Å². The van der Waals surface area contributed by atoms with Crippen molar-refractivity contribution in [2.24, 2.45) is 5.92 Å². The summed E-state index contributed by atoms with van der Waals surface area (Å²) in [5, 5.41) is 12.1. The van der Waals surface area contributed by atoms with Crippen LogP contribution >= 0.6 is 0 Å². The molecule has 0 radical (unpaired) electrons. The molecule has 0 unspecified atom stereocenters. The van der Waals surface area contributed by atoms with Gasteiger partial charge >= 0.3 is 5.97 Å². The van der Waals surface area contributed by atoms with Gasteiger partial charge < -0.3 is 15.2 Å². The minimum Gasteiger partial charge on any atom is -0.480 e. The molecule has 0 saturated carbocycles. The first-order valence-electron chi connectivity index (χ1n) is 10.8. The van der Waals surface area contributed by atoms with Gasteiger partial charge in [0.1, 0.15) is 18.2 Å². The third-order valence-corrected chi connectivity index (χ3v) is 5.30. The van der Waals surface area contributed by atoms with Gasteiger partial charge in [0.15, 0.2) is 0 Å². The molecule has 0 aliphatic heterocycles. The lowest BCUT2D eigenvalue weighted by atomic mass is 9.80. The van der Waals surface area contributed by atoms with Gasteiger partial charge in [0.05, 0.1) is 0 Å². The van der Waals surface area contributed by atoms with E-state index in [1.807, 2.05) is 105 Å². The number of aliphatic carboxylic acids is 1. The van der Waals surface area contributed by atoms with Gasteiger partial charge in [0, 0.05) is 0 Å². The Kier molecular flexibility index (Phi) is 7.79. The van der Waals surface area contributed by atoms with Gasteiger partial charge in [-0.15, -0.1) is 0 Å². The Labute approximate surface area is 189 Å². The van der Waals surface area contributed by atoms with Crippen LogP contribution in [0.2, 0.25) is 0 Å². The number of hydrogen-bond donors (Lipinski definition) is 2. The van der Waals surface area contributed by atoms with E-state index in [2.05, 4.69) is 5.32 Å². The highest BCUT2D eigenvalue weighted by molar-refractivity contribution is 5.84. The predicted molar refractivity (Wildman–Crippen MR) is 124 cm³/mol. The minimum atomic E-state index is -1.05. The maximum absolute atomic E-state index is 12.8. The zero-order valence-corrected chi connectivity index (χ0v) is 18.4. The van der Waals surface area contributed by atoms with Crippen molar-refractivity contribution in [3.05, 3.63) is 108 Å². The van der Waals surface area contributed by atoms with Gasteiger partial charge in [-0.1, -0.05) is 105 Å². The second kappa shape index (κ2) is 10.7. The molecule has 0 aliphatic carbocycles. The number of carboxylic acid groups (broad SMARTS) is 1. The maximum Gasteiger partial charge on any atom is 0.326 e. The molecule has 0 aromatic heterocycles. The first-order valence-corrected chi connectivity index (χ1v) is 10.8. The van der Waals surface area contributed by atoms with E-state index in [1.165, 1.54) is 0 Å². The van der Waals surface area contributed by atoms with Crippen molar-refractivity contribution in [1.29, 1.82) is 0 Å². The topological polar surface area (TPSA) is 75.6 Å². The molecule has 0 fully saturated rings. The number of rotatable bonds is 10. The van der Waals surface area contributed by atoms with Crippen LogP contribution in [0.1, 0.15) is 37.0 Å². The van der Waals surface area contributed by atoms with Crippen LogP contribution in [0.4, 0.5) is 0 Å². The van der Waals surface area contributed by atoms with Crippen LogP contribution in [0.3, 0.4) is 0 Å². The van der Waals surface area contributed by atoms with Crippen LogP contribution in [0.5, 0.6) is 0 Å². The van der Waals surface area contributed by atoms with Crippen molar-refractivity contribution in [2.45, 2.75) is 31.9 Å². The number of carbonyl (C=O) groups excluding carboxylic acids is 1. The van der Waals surface area contributed by atoms with E-state index in [4.69, 9.17) is 4.74 Å². The lowest BCUT2D eigenvalue weighted by molar-refractivity contribution is -0.143. The average Bonchev–Trinajstić information content (AvgIpc) is 2.81. The normalized spacial score (nSPS) is 12.3. The molecule has 1 amide bonds. The number of nitrogens with one attached hydrogen (secondary N) is 1. The highest BCUT2D eigenvalue weighted by Crippen LogP contribution is 2.40. The Bertz CT molecular complexity index is 907. The molecule has 166 valence electrons. The molecular weight excluding hydrogens is 402 g/mol. The molecule has 0 spiro atoms. The molecule has 0 heterocycles. The molecule has 32 heavy (non-hydrogen) atoms. The molecule has 0 aliphatic rings. The molecule has 2 N–H and O–H groups in total. The Morgan fingerprint density at radius 1 is 0.812 bits per heavy atom. The maximum atomic E-state index is 12.8. The summed E-state index contributed by atoms with van der Waals surface area (Å²) in [7, 11) is 0. The molecule has 3 aromatic rings. The standard InChI is InChI=1S/C27H29NO4/c1-20(2)18-24(26(30)31)28-25(29)19-32-27(21-12-6-3-7-13-21,22-14-8-4-9-15-22)23-16-10-5-11-17-23/h3-17,20,24H,18-19H2,1-2H3,(H,28,29)(H,30,31)/t24-/m0/s1. The zero-order valence-electron chi connectivity index (χ0n) is 18.4. The molecule has 0 saturated heterocycles. The van der Waals surface area contributed by atoms with Crippen LogP contribution in [0.15, 0.2) is 91.0 Å². The summed E-state index contributed by atoms with van der Waals surface area (Å²) in [6, 6.07) is 28.3. The number of ether oxygens (including phenoxy) is 1. The molecule has 5 nitrogen and oxygen atoms in total. The Hall–Kier alpha value is -3.44. The second-order valence-electron chi connectivity index (χ2n) is 8.16. The zero-order chi connectivity index (χ0) is 23.0. The highest BCUT2D eigenvalue weighted by atomic mass is 16.5. The Morgan fingerprint density at radius 2 is 1.22 bits per heavy atom. The second-order valence-corrected chi connectivity index (χ2v) is 8.16. The fourth-order valence-electron chi connectivity index (χ4n) is 3.87. The average molecular weight is 432 g/mol. The third kappa shape index (κ3) is 5.42. The fraction of sp³-hybridized carbons (Fsp3) is 0.259. The summed E-state index contributed by atoms with van der Waals surface area (Å²) in [6.45, 7) is 3.55. The third-order valence-electron chi connectivity index (χ3n) is 5.30. The summed E-state index contributed by atoms with van der Waals surface area (Å²) >= 11 is 0. The van der Waals surface area contributed by atoms with Crippen molar-refractivity contribution in [3.8, 4) is 0 Å². The predicted octanol–water partition coefficient (Wildman–Crippen LogP) is 4.61. The van der Waals surface area contributed by atoms with Gasteiger partial charge in [-0.3, -0.25) is 4.79 Å². The first-order chi connectivity index (χ1) is 15.4. The van der Waals surface area contributed by atoms with E-state index < -0.39 is 23.5 Å². The van der Waals surface area contributed by atoms with E-state index in [0.29, 0.717) is 6.42 Å². The number of benzene rings is 3. The fourth-order valence-corrected chi connectivity index (χ4v) is 3.87. The lowest BCUT2D eigenvalue weighted by Gasteiger charge is -2.35. The molecular formula is C27H29NO4. The van der Waals surface area contributed by atoms with E-state index in [9.17, 15) is 14.7 Å². The molecule has 3 rings (SSSR count). The number of amides is 1. The van der Waals surface area contributed by atoms with E-state index in [0.717, 1.165) is 16.7 Å². The van der Waals surface area contributed by atoms with Crippen LogP contribution < -0.4 is 5.32 Å². The van der Waals surface area contributed by atoms with Gasteiger partial charge in [-0.05, 0) is 29.0 Å². The van der Waals surface area contributed by atoms with Crippen molar-refractivity contribution in [3.63, 3.8) is 0 Å². The smallest absolute Gasteiger partial charge is 0.326 e. The van der Waals surface area contributed by atoms with Crippen molar-refractivity contribution < 1.29 is 19.4 Å². The summed E-state index contributed by atoms with van der Waals surface area (Å²) in [6.07, 6.45) is 0.349. The summed E-state index contributed by atoms with van der Waals surface area (Å²) < 4.78 is 6.43. The van der Waals surface area contributed by atoms with Crippen LogP contribution in [0.25, 0.3) is 0 Å². The highest BCUT2D eigenvalue weighted by Gasteiger charge is 2.38. The van der Waals surface area contributed by atoms with E-state index in [1.54, 1.807) is 0 Å². The number of carbonyl (C=O) groups is 2. The van der Waals surface area contributed by atoms with Crippen LogP contribution in [-0.4, -0.2) is 29.6 Å². The van der Waals surface area contributed by atoms with Crippen molar-refractivity contribution in [2.75, 3.05) is 6.61 Å². The van der Waals surface area contributed by atoms with Gasteiger partial charge in [-0.25, -0.2) is 4.79 Å². The van der Waals surface area contributed by atoms with E-state index >= 15 is 0 Å². The van der Waals surface area contributed by atoms with Crippen molar-refractivity contribution >= 4 is 11.9 Å². The molecule has 0 bridgehead atoms. The lowest BCUT2D eigenvalue weighted by Crippen LogP contribution is -2.45. The largest absolute Gasteiger partial charge is 0.480 e. The summed E-state index contributed by atoms with van der Waals surface area (Å²) in [5.74, 6) is -1.38. The van der Waals surface area contributed by atoms with Gasteiger partial charge in [0.25, 0.3) is 0 Å². The van der Waals surface area contributed by atoms with Gasteiger partial charge in [0.2, 0.25) is 5.91 Å². The Balaban J connectivity index is 1.98. The molecule has 1 atom stereocenters. The quantitative estimate of drug-likeness (QED) is 0.460. The molecule has 5 heteroatoms. The molecule has 3 aromatic carbocycles. The summed E-state index contributed by atoms with van der Waals surface area (Å²) in [5.41, 5.74) is 1.60. The van der Waals surface area contributed by atoms with E-state index in [-0.39, 0.29) is 12.5 Å². The summed E-state index contributed by atoms with van der Waals surface area (Å²) in [4.78, 5) is 24.4. The minimum absolute atomic E-state index is 0.134. The first kappa shape index (κ1) is 23.2. The van der Waals surface area contributed by atoms with Crippen molar-refractivity contribution in [1.82, 2.24) is 5.32 Å². The number of carboxylic acids is 1. The van der Waals surface area contributed by atoms with Crippen LogP contribution in [0, 0.1) is 5.92 Å².